The van der Waals surface area contributed by atoms with Crippen LogP contribution in [0.2, 0.25) is 0 Å². The van der Waals surface area contributed by atoms with E-state index >= 15 is 0 Å². The predicted molar refractivity (Wildman–Crippen MR) is 102 cm³/mol. The van der Waals surface area contributed by atoms with Crippen molar-refractivity contribution in [3.05, 3.63) is 18.2 Å². The number of hydrogen-bond donors (Lipinski definition) is 8. The Hall–Kier alpha value is -3.13. The third kappa shape index (κ3) is 8.61. The van der Waals surface area contributed by atoms with E-state index in [9.17, 15) is 24.0 Å². The first-order chi connectivity index (χ1) is 13.6. The third-order valence-corrected chi connectivity index (χ3v) is 3.96. The van der Waals surface area contributed by atoms with Gasteiger partial charge in [0.1, 0.15) is 18.6 Å². The van der Waals surface area contributed by atoms with Gasteiger partial charge in [-0.05, 0) is 0 Å². The van der Waals surface area contributed by atoms with Gasteiger partial charge in [-0.25, -0.2) is 4.98 Å². The van der Waals surface area contributed by atoms with E-state index in [-0.39, 0.29) is 12.2 Å². The van der Waals surface area contributed by atoms with Crippen molar-refractivity contribution >= 4 is 42.2 Å². The number of carboxylic acid groups (broad SMARTS) is 1. The lowest BCUT2D eigenvalue weighted by Gasteiger charge is -2.23. The van der Waals surface area contributed by atoms with E-state index in [0.717, 1.165) is 0 Å². The van der Waals surface area contributed by atoms with Gasteiger partial charge in [-0.1, -0.05) is 0 Å². The fourth-order valence-electron chi connectivity index (χ4n) is 2.17. The Labute approximate surface area is 170 Å². The van der Waals surface area contributed by atoms with Gasteiger partial charge in [-0.3, -0.25) is 24.0 Å². The molecule has 0 saturated carbocycles. The summed E-state index contributed by atoms with van der Waals surface area (Å²) in [7, 11) is 0. The first-order valence-electron chi connectivity index (χ1n) is 8.36. The number of amides is 4. The number of nitrogens with one attached hydrogen (secondary N) is 4. The zero-order valence-electron chi connectivity index (χ0n) is 15.3. The van der Waals surface area contributed by atoms with Gasteiger partial charge in [0.2, 0.25) is 23.6 Å². The zero-order valence-corrected chi connectivity index (χ0v) is 16.1. The van der Waals surface area contributed by atoms with Crippen molar-refractivity contribution in [2.75, 3.05) is 12.3 Å². The molecule has 1 aromatic heterocycles. The summed E-state index contributed by atoms with van der Waals surface area (Å²) >= 11 is 3.97. The second-order valence-corrected chi connectivity index (χ2v) is 6.34. The number of aliphatic carboxylic acids is 1. The van der Waals surface area contributed by atoms with E-state index in [0.29, 0.717) is 5.69 Å². The van der Waals surface area contributed by atoms with Crippen LogP contribution in [0.3, 0.4) is 0 Å². The molecule has 3 unspecified atom stereocenters. The lowest BCUT2D eigenvalue weighted by molar-refractivity contribution is -0.138. The molecule has 160 valence electrons. The van der Waals surface area contributed by atoms with Gasteiger partial charge in [-0.15, -0.1) is 0 Å². The number of aromatic amines is 1. The highest BCUT2D eigenvalue weighted by Gasteiger charge is 2.28. The summed E-state index contributed by atoms with van der Waals surface area (Å²) in [6, 6.07) is -3.58. The third-order valence-electron chi connectivity index (χ3n) is 3.60. The highest BCUT2D eigenvalue weighted by molar-refractivity contribution is 7.80. The number of carbonyl (C=O) groups is 5. The van der Waals surface area contributed by atoms with Gasteiger partial charge in [0, 0.05) is 24.1 Å². The maximum absolute atomic E-state index is 12.6. The minimum Gasteiger partial charge on any atom is -0.480 e. The monoisotopic (exact) mass is 429 g/mol. The Kier molecular flexibility index (Phi) is 9.61. The van der Waals surface area contributed by atoms with Crippen LogP contribution in [0.5, 0.6) is 0 Å². The van der Waals surface area contributed by atoms with Crippen LogP contribution in [-0.4, -0.2) is 75.1 Å². The molecule has 1 aromatic rings. The molecule has 13 nitrogen and oxygen atoms in total. The van der Waals surface area contributed by atoms with Crippen LogP contribution in [0.25, 0.3) is 0 Å². The minimum atomic E-state index is -1.26. The zero-order chi connectivity index (χ0) is 22.0. The summed E-state index contributed by atoms with van der Waals surface area (Å²) in [5.74, 6) is -4.45. The second kappa shape index (κ2) is 11.7. The lowest BCUT2D eigenvalue weighted by atomic mass is 10.1. The number of aromatic nitrogens is 2. The summed E-state index contributed by atoms with van der Waals surface area (Å²) in [6.45, 7) is -0.630. The summed E-state index contributed by atoms with van der Waals surface area (Å²) in [4.78, 5) is 64.9. The number of imidazole rings is 1. The van der Waals surface area contributed by atoms with Gasteiger partial charge in [0.25, 0.3) is 0 Å². The number of hydrogen-bond acceptors (Lipinski definition) is 8. The van der Waals surface area contributed by atoms with Crippen LogP contribution < -0.4 is 27.4 Å². The summed E-state index contributed by atoms with van der Waals surface area (Å²) in [6.07, 6.45) is 2.38. The second-order valence-electron chi connectivity index (χ2n) is 5.97. The Bertz CT molecular complexity index is 742. The average molecular weight is 429 g/mol. The Balaban J connectivity index is 2.85. The van der Waals surface area contributed by atoms with Crippen molar-refractivity contribution < 1.29 is 29.1 Å². The van der Waals surface area contributed by atoms with Gasteiger partial charge in [-0.2, -0.15) is 12.6 Å². The van der Waals surface area contributed by atoms with Crippen LogP contribution in [0.4, 0.5) is 0 Å². The number of thiol groups is 1. The molecule has 0 spiro atoms. The number of carboxylic acids is 1. The number of rotatable bonds is 12. The molecule has 9 N–H and O–H groups in total. The van der Waals surface area contributed by atoms with Crippen LogP contribution in [0.15, 0.2) is 12.5 Å². The predicted octanol–water partition coefficient (Wildman–Crippen LogP) is -3.74. The first kappa shape index (κ1) is 23.9. The first-order valence-corrected chi connectivity index (χ1v) is 8.99. The fraction of sp³-hybridized carbons (Fsp3) is 0.467. The van der Waals surface area contributed by atoms with Gasteiger partial charge in [0.05, 0.1) is 18.8 Å². The van der Waals surface area contributed by atoms with Crippen LogP contribution >= 0.6 is 12.6 Å². The topological polar surface area (TPSA) is 222 Å². The molecule has 3 atom stereocenters. The maximum atomic E-state index is 12.6. The van der Waals surface area contributed by atoms with E-state index in [2.05, 4.69) is 38.5 Å². The van der Waals surface area contributed by atoms with E-state index in [1.54, 1.807) is 0 Å². The normalized spacial score (nSPS) is 13.6. The van der Waals surface area contributed by atoms with Crippen molar-refractivity contribution in [1.82, 2.24) is 25.9 Å². The fourth-order valence-corrected chi connectivity index (χ4v) is 2.42. The molecule has 1 rings (SSSR count). The molecular formula is C15H23N7O6S. The standard InChI is InChI=1S/C15H23N7O6S/c16-8(2-11(17)23)13(26)21-9(1-7-3-18-6-20-7)15(28)22-10(5-29)14(27)19-4-12(24)25/h3,6,8-10,29H,1-2,4-5,16H2,(H2,17,23)(H,18,20)(H,19,27)(H,21,26)(H,22,28)(H,24,25). The molecule has 29 heavy (non-hydrogen) atoms. The number of H-pyrrole nitrogens is 1. The van der Waals surface area contributed by atoms with Crippen molar-refractivity contribution in [3.63, 3.8) is 0 Å². The molecular weight excluding hydrogens is 406 g/mol. The molecule has 0 aliphatic rings. The van der Waals surface area contributed by atoms with Crippen molar-refractivity contribution in [3.8, 4) is 0 Å². The van der Waals surface area contributed by atoms with Gasteiger partial charge in [0.15, 0.2) is 0 Å². The Morgan fingerprint density at radius 1 is 1.14 bits per heavy atom. The summed E-state index contributed by atoms with van der Waals surface area (Å²) in [5, 5.41) is 15.5. The maximum Gasteiger partial charge on any atom is 0.322 e. The van der Waals surface area contributed by atoms with E-state index in [4.69, 9.17) is 16.6 Å². The molecule has 14 heteroatoms. The Morgan fingerprint density at radius 2 is 1.79 bits per heavy atom. The van der Waals surface area contributed by atoms with Gasteiger partial charge >= 0.3 is 5.97 Å². The van der Waals surface area contributed by atoms with Gasteiger partial charge < -0.3 is 37.5 Å². The van der Waals surface area contributed by atoms with Crippen molar-refractivity contribution in [2.24, 2.45) is 11.5 Å². The number of nitrogens with zero attached hydrogens (tertiary/aromatic N) is 1. The highest BCUT2D eigenvalue weighted by atomic mass is 32.1. The number of nitrogens with two attached hydrogens (primary N) is 2. The number of primary amides is 1. The van der Waals surface area contributed by atoms with Crippen LogP contribution in [0, 0.1) is 0 Å². The molecule has 0 fully saturated rings. The minimum absolute atomic E-state index is 0.0170. The largest absolute Gasteiger partial charge is 0.480 e. The smallest absolute Gasteiger partial charge is 0.322 e. The van der Waals surface area contributed by atoms with E-state index in [1.807, 2.05) is 0 Å². The van der Waals surface area contributed by atoms with Crippen LogP contribution in [-0.2, 0) is 30.4 Å². The van der Waals surface area contributed by atoms with E-state index in [1.165, 1.54) is 12.5 Å². The molecule has 0 aliphatic heterocycles. The molecule has 0 bridgehead atoms. The molecule has 1 heterocycles. The summed E-state index contributed by atoms with van der Waals surface area (Å²) < 4.78 is 0. The highest BCUT2D eigenvalue weighted by Crippen LogP contribution is 2.02. The molecule has 0 saturated heterocycles. The number of carbonyl (C=O) groups excluding carboxylic acids is 4. The van der Waals surface area contributed by atoms with E-state index < -0.39 is 60.7 Å². The Morgan fingerprint density at radius 3 is 2.31 bits per heavy atom. The SMILES string of the molecule is NC(=O)CC(N)C(=O)NC(Cc1cnc[nH]1)C(=O)NC(CS)C(=O)NCC(=O)O. The molecule has 0 aromatic carbocycles. The lowest BCUT2D eigenvalue weighted by Crippen LogP contribution is -2.57. The van der Waals surface area contributed by atoms with Crippen LogP contribution in [0.1, 0.15) is 12.1 Å². The molecule has 0 radical (unpaired) electrons. The summed E-state index contributed by atoms with van der Waals surface area (Å²) in [5.41, 5.74) is 11.1. The molecule has 4 amide bonds. The quantitative estimate of drug-likeness (QED) is 0.154. The molecule has 0 aliphatic carbocycles. The van der Waals surface area contributed by atoms with Crippen molar-refractivity contribution in [2.45, 2.75) is 31.0 Å². The average Bonchev–Trinajstić information content (AvgIpc) is 3.15. The van der Waals surface area contributed by atoms with Crippen molar-refractivity contribution in [1.29, 1.82) is 0 Å².